The van der Waals surface area contributed by atoms with Crippen molar-refractivity contribution in [3.05, 3.63) is 59.0 Å². The van der Waals surface area contributed by atoms with Crippen LogP contribution in [0.15, 0.2) is 62.6 Å². The van der Waals surface area contributed by atoms with E-state index in [2.05, 4.69) is 10.0 Å². The lowest BCUT2D eigenvalue weighted by Crippen LogP contribution is -2.20. The van der Waals surface area contributed by atoms with Gasteiger partial charge in [0.25, 0.3) is 10.0 Å². The average Bonchev–Trinajstić information content (AvgIpc) is 2.65. The molecule has 3 rings (SSSR count). The summed E-state index contributed by atoms with van der Waals surface area (Å²) >= 11 is 0. The van der Waals surface area contributed by atoms with E-state index in [1.54, 1.807) is 36.4 Å². The average molecular weight is 388 g/mol. The molecule has 8 heteroatoms. The molecule has 0 amide bonds. The van der Waals surface area contributed by atoms with Gasteiger partial charge in [-0.1, -0.05) is 12.1 Å². The lowest BCUT2D eigenvalue weighted by atomic mass is 10.2. The lowest BCUT2D eigenvalue weighted by molar-refractivity contribution is 0.340. The highest BCUT2D eigenvalue weighted by Crippen LogP contribution is 2.30. The second-order valence-electron chi connectivity index (χ2n) is 5.68. The fraction of sp³-hybridized carbons (Fsp3) is 0.211. The minimum absolute atomic E-state index is 0.0148. The van der Waals surface area contributed by atoms with Crippen LogP contribution < -0.4 is 20.4 Å². The minimum atomic E-state index is -3.98. The number of sulfonamides is 1. The molecule has 7 nitrogen and oxygen atoms in total. The Morgan fingerprint density at radius 1 is 1.00 bits per heavy atom. The number of fused-ring (bicyclic) bond motifs is 1. The van der Waals surface area contributed by atoms with Crippen molar-refractivity contribution in [2.45, 2.75) is 18.7 Å². The molecule has 0 radical (unpaired) electrons. The molecule has 0 aliphatic heterocycles. The van der Waals surface area contributed by atoms with E-state index in [1.165, 1.54) is 12.1 Å². The molecular weight excluding hydrogens is 368 g/mol. The van der Waals surface area contributed by atoms with Gasteiger partial charge in [-0.3, -0.25) is 4.72 Å². The summed E-state index contributed by atoms with van der Waals surface area (Å²) in [6.07, 6.45) is 0. The van der Waals surface area contributed by atoms with E-state index < -0.39 is 15.6 Å². The van der Waals surface area contributed by atoms with Gasteiger partial charge in [0.2, 0.25) is 0 Å². The first-order chi connectivity index (χ1) is 13.0. The summed E-state index contributed by atoms with van der Waals surface area (Å²) in [6, 6.07) is 12.9. The van der Waals surface area contributed by atoms with Crippen molar-refractivity contribution in [2.24, 2.45) is 0 Å². The normalized spacial score (nSPS) is 11.3. The second-order valence-corrected chi connectivity index (χ2v) is 7.36. The number of ether oxygens (including phenoxy) is 1. The molecule has 0 fully saturated rings. The summed E-state index contributed by atoms with van der Waals surface area (Å²) in [5, 5.41) is 3.67. The van der Waals surface area contributed by atoms with E-state index in [0.29, 0.717) is 35.6 Å². The maximum atomic E-state index is 12.8. The molecule has 0 saturated carbocycles. The van der Waals surface area contributed by atoms with Gasteiger partial charge in [-0.25, -0.2) is 13.2 Å². The smallest absolute Gasteiger partial charge is 0.363 e. The van der Waals surface area contributed by atoms with Crippen LogP contribution in [0, 0.1) is 0 Å². The maximum Gasteiger partial charge on any atom is 0.363 e. The van der Waals surface area contributed by atoms with Crippen LogP contribution in [0.3, 0.4) is 0 Å². The summed E-state index contributed by atoms with van der Waals surface area (Å²) in [7, 11) is -3.98. The second kappa shape index (κ2) is 7.71. The number of para-hydroxylation sites is 1. The van der Waals surface area contributed by atoms with Crippen molar-refractivity contribution >= 4 is 32.4 Å². The third-order valence-corrected chi connectivity index (χ3v) is 5.21. The molecule has 0 unspecified atom stereocenters. The Kier molecular flexibility index (Phi) is 5.36. The third-order valence-electron chi connectivity index (χ3n) is 3.85. The van der Waals surface area contributed by atoms with Crippen LogP contribution in [-0.2, 0) is 10.0 Å². The first kappa shape index (κ1) is 18.8. The third kappa shape index (κ3) is 3.90. The number of rotatable bonds is 7. The van der Waals surface area contributed by atoms with Gasteiger partial charge in [0.1, 0.15) is 11.3 Å². The predicted molar refractivity (Wildman–Crippen MR) is 105 cm³/mol. The zero-order chi connectivity index (χ0) is 19.4. The fourth-order valence-corrected chi connectivity index (χ4v) is 3.74. The molecule has 3 aromatic rings. The van der Waals surface area contributed by atoms with Gasteiger partial charge in [-0.15, -0.1) is 0 Å². The van der Waals surface area contributed by atoms with Crippen molar-refractivity contribution in [1.82, 2.24) is 0 Å². The summed E-state index contributed by atoms with van der Waals surface area (Å²) in [6.45, 7) is 4.68. The number of benzene rings is 2. The Balaban J connectivity index is 2.05. The van der Waals surface area contributed by atoms with Gasteiger partial charge in [0.05, 0.1) is 17.2 Å². The first-order valence-corrected chi connectivity index (χ1v) is 10.00. The topological polar surface area (TPSA) is 97.6 Å². The van der Waals surface area contributed by atoms with Crippen molar-refractivity contribution in [1.29, 1.82) is 0 Å². The fourth-order valence-electron chi connectivity index (χ4n) is 2.68. The van der Waals surface area contributed by atoms with E-state index in [-0.39, 0.29) is 10.6 Å². The van der Waals surface area contributed by atoms with E-state index in [4.69, 9.17) is 9.15 Å². The van der Waals surface area contributed by atoms with Crippen molar-refractivity contribution < 1.29 is 17.6 Å². The van der Waals surface area contributed by atoms with Gasteiger partial charge in [0, 0.05) is 11.9 Å². The molecule has 0 aliphatic carbocycles. The van der Waals surface area contributed by atoms with E-state index >= 15 is 0 Å². The minimum Gasteiger partial charge on any atom is -0.494 e. The first-order valence-electron chi connectivity index (χ1n) is 8.51. The van der Waals surface area contributed by atoms with Crippen molar-refractivity contribution in [3.8, 4) is 5.75 Å². The van der Waals surface area contributed by atoms with Gasteiger partial charge in [-0.2, -0.15) is 0 Å². The van der Waals surface area contributed by atoms with Crippen molar-refractivity contribution in [2.75, 3.05) is 23.2 Å². The SMILES string of the molecule is CCNc1c(NS(=O)(=O)c2ccc(OCC)cc2)c(=O)oc2ccccc12. The van der Waals surface area contributed by atoms with Crippen LogP contribution in [0.2, 0.25) is 0 Å². The number of hydrogen-bond acceptors (Lipinski definition) is 6. The summed E-state index contributed by atoms with van der Waals surface area (Å²) < 4.78 is 38.5. The van der Waals surface area contributed by atoms with Crippen LogP contribution in [-0.4, -0.2) is 21.6 Å². The van der Waals surface area contributed by atoms with Crippen LogP contribution in [0.4, 0.5) is 11.4 Å². The highest BCUT2D eigenvalue weighted by Gasteiger charge is 2.21. The molecule has 0 bridgehead atoms. The Labute approximate surface area is 157 Å². The van der Waals surface area contributed by atoms with E-state index in [1.807, 2.05) is 13.8 Å². The molecule has 142 valence electrons. The molecule has 0 saturated heterocycles. The highest BCUT2D eigenvalue weighted by molar-refractivity contribution is 7.92. The molecule has 0 spiro atoms. The van der Waals surface area contributed by atoms with Crippen LogP contribution in [0.25, 0.3) is 11.0 Å². The molecule has 0 aliphatic rings. The van der Waals surface area contributed by atoms with Crippen LogP contribution in [0.5, 0.6) is 5.75 Å². The molecule has 0 atom stereocenters. The molecule has 1 aromatic heterocycles. The largest absolute Gasteiger partial charge is 0.494 e. The molecule has 27 heavy (non-hydrogen) atoms. The summed E-state index contributed by atoms with van der Waals surface area (Å²) in [4.78, 5) is 12.4. The molecular formula is C19H20N2O5S. The summed E-state index contributed by atoms with van der Waals surface area (Å²) in [5.41, 5.74) is -0.148. The summed E-state index contributed by atoms with van der Waals surface area (Å²) in [5.74, 6) is 0.565. The molecule has 2 aromatic carbocycles. The predicted octanol–water partition coefficient (Wildman–Crippen LogP) is 3.42. The molecule has 2 N–H and O–H groups in total. The van der Waals surface area contributed by atoms with Gasteiger partial charge in [-0.05, 0) is 50.2 Å². The standard InChI is InChI=1S/C19H20N2O5S/c1-3-20-17-15-7-5-6-8-16(15)26-19(22)18(17)21-27(23,24)14-11-9-13(10-12-14)25-4-2/h5-12,20-21H,3-4H2,1-2H3. The Bertz CT molecular complexity index is 1110. The quantitative estimate of drug-likeness (QED) is 0.602. The Morgan fingerprint density at radius 3 is 2.37 bits per heavy atom. The van der Waals surface area contributed by atoms with Gasteiger partial charge < -0.3 is 14.5 Å². The van der Waals surface area contributed by atoms with Crippen LogP contribution in [0.1, 0.15) is 13.8 Å². The number of nitrogens with one attached hydrogen (secondary N) is 2. The zero-order valence-corrected chi connectivity index (χ0v) is 15.8. The lowest BCUT2D eigenvalue weighted by Gasteiger charge is -2.14. The van der Waals surface area contributed by atoms with E-state index in [9.17, 15) is 13.2 Å². The monoisotopic (exact) mass is 388 g/mol. The Morgan fingerprint density at radius 2 is 1.70 bits per heavy atom. The Hall–Kier alpha value is -3.00. The maximum absolute atomic E-state index is 12.8. The zero-order valence-electron chi connectivity index (χ0n) is 15.0. The number of hydrogen-bond donors (Lipinski definition) is 2. The van der Waals surface area contributed by atoms with Gasteiger partial charge in [0.15, 0.2) is 5.69 Å². The number of anilines is 2. The van der Waals surface area contributed by atoms with Crippen LogP contribution >= 0.6 is 0 Å². The van der Waals surface area contributed by atoms with Gasteiger partial charge >= 0.3 is 5.63 Å². The molecule has 1 heterocycles. The van der Waals surface area contributed by atoms with E-state index in [0.717, 1.165) is 0 Å². The van der Waals surface area contributed by atoms with Crippen molar-refractivity contribution in [3.63, 3.8) is 0 Å². The highest BCUT2D eigenvalue weighted by atomic mass is 32.2.